The highest BCUT2D eigenvalue weighted by Gasteiger charge is 2.17. The van der Waals surface area contributed by atoms with Crippen molar-refractivity contribution in [2.75, 3.05) is 36.5 Å². The molecule has 2 aromatic rings. The summed E-state index contributed by atoms with van der Waals surface area (Å²) in [5, 5.41) is 6.33. The van der Waals surface area contributed by atoms with Gasteiger partial charge in [-0.05, 0) is 12.1 Å². The highest BCUT2D eigenvalue weighted by Crippen LogP contribution is 2.20. The summed E-state index contributed by atoms with van der Waals surface area (Å²) in [6, 6.07) is 10.5. The van der Waals surface area contributed by atoms with Crippen LogP contribution in [0.1, 0.15) is 0 Å². The molecule has 0 aliphatic carbocycles. The molecule has 1 saturated heterocycles. The highest BCUT2D eigenvalue weighted by atomic mass is 16.6. The van der Waals surface area contributed by atoms with Gasteiger partial charge in [-0.25, -0.2) is 4.79 Å². The van der Waals surface area contributed by atoms with Gasteiger partial charge in [-0.1, -0.05) is 23.4 Å². The van der Waals surface area contributed by atoms with Gasteiger partial charge < -0.3 is 18.9 Å². The van der Waals surface area contributed by atoms with Gasteiger partial charge in [-0.3, -0.25) is 5.32 Å². The van der Waals surface area contributed by atoms with Crippen LogP contribution in [0.2, 0.25) is 0 Å². The van der Waals surface area contributed by atoms with Crippen molar-refractivity contribution in [3.63, 3.8) is 0 Å². The fourth-order valence-corrected chi connectivity index (χ4v) is 1.98. The molecular weight excluding hydrogens is 274 g/mol. The van der Waals surface area contributed by atoms with E-state index in [-0.39, 0.29) is 0 Å². The summed E-state index contributed by atoms with van der Waals surface area (Å²) in [5.74, 6) is 1.39. The van der Waals surface area contributed by atoms with Gasteiger partial charge in [0.15, 0.2) is 5.82 Å². The Kier molecular flexibility index (Phi) is 4.02. The first-order chi connectivity index (χ1) is 10.3. The van der Waals surface area contributed by atoms with E-state index >= 15 is 0 Å². The predicted molar refractivity (Wildman–Crippen MR) is 75.6 cm³/mol. The molecule has 0 spiro atoms. The van der Waals surface area contributed by atoms with Crippen LogP contribution in [0.25, 0.3) is 0 Å². The maximum atomic E-state index is 11.7. The minimum Gasteiger partial charge on any atom is -0.410 e. The number of benzene rings is 1. The number of hydrogen-bond acceptors (Lipinski definition) is 6. The smallest absolute Gasteiger partial charge is 0.410 e. The first kappa shape index (κ1) is 13.4. The Bertz CT molecular complexity index is 593. The van der Waals surface area contributed by atoms with Crippen LogP contribution in [0.15, 0.2) is 40.9 Å². The predicted octanol–water partition coefficient (Wildman–Crippen LogP) is 2.12. The summed E-state index contributed by atoms with van der Waals surface area (Å²) in [6.45, 7) is 2.78. The van der Waals surface area contributed by atoms with E-state index in [1.807, 2.05) is 11.0 Å². The SMILES string of the molecule is O=C(Nc1cc(N2CCOCC2)on1)Oc1ccccc1. The van der Waals surface area contributed by atoms with E-state index in [2.05, 4.69) is 10.5 Å². The molecule has 1 aromatic carbocycles. The number of amides is 1. The van der Waals surface area contributed by atoms with Crippen LogP contribution in [-0.2, 0) is 4.74 Å². The van der Waals surface area contributed by atoms with Crippen LogP contribution in [0, 0.1) is 0 Å². The second kappa shape index (κ2) is 6.27. The lowest BCUT2D eigenvalue weighted by Gasteiger charge is -2.25. The summed E-state index contributed by atoms with van der Waals surface area (Å²) in [6.07, 6.45) is -0.608. The van der Waals surface area contributed by atoms with Crippen molar-refractivity contribution in [2.45, 2.75) is 0 Å². The van der Waals surface area contributed by atoms with Gasteiger partial charge in [0.05, 0.1) is 13.2 Å². The number of morpholine rings is 1. The van der Waals surface area contributed by atoms with E-state index in [9.17, 15) is 4.79 Å². The van der Waals surface area contributed by atoms with Crippen LogP contribution in [-0.4, -0.2) is 37.6 Å². The Morgan fingerprint density at radius 2 is 2.00 bits per heavy atom. The van der Waals surface area contributed by atoms with Crippen LogP contribution in [0.3, 0.4) is 0 Å². The number of para-hydroxylation sites is 1. The van der Waals surface area contributed by atoms with Crippen molar-refractivity contribution in [3.8, 4) is 5.75 Å². The van der Waals surface area contributed by atoms with Crippen LogP contribution >= 0.6 is 0 Å². The molecule has 3 rings (SSSR count). The molecular formula is C14H15N3O4. The second-order valence-electron chi connectivity index (χ2n) is 4.48. The summed E-state index contributed by atoms with van der Waals surface area (Å²) in [5.41, 5.74) is 0. The Hall–Kier alpha value is -2.54. The third kappa shape index (κ3) is 3.51. The largest absolute Gasteiger partial charge is 0.418 e. The number of aromatic nitrogens is 1. The number of carbonyl (C=O) groups excluding carboxylic acids is 1. The van der Waals surface area contributed by atoms with Gasteiger partial charge >= 0.3 is 6.09 Å². The van der Waals surface area contributed by atoms with Gasteiger partial charge in [0.2, 0.25) is 5.88 Å². The van der Waals surface area contributed by atoms with Crippen LogP contribution in [0.4, 0.5) is 16.5 Å². The molecule has 7 nitrogen and oxygen atoms in total. The number of carbonyl (C=O) groups is 1. The van der Waals surface area contributed by atoms with Crippen molar-refractivity contribution in [3.05, 3.63) is 36.4 Å². The Balaban J connectivity index is 1.57. The minimum absolute atomic E-state index is 0.317. The number of nitrogens with zero attached hydrogens (tertiary/aromatic N) is 2. The molecule has 21 heavy (non-hydrogen) atoms. The normalized spacial score (nSPS) is 14.8. The minimum atomic E-state index is -0.608. The molecule has 0 bridgehead atoms. The molecule has 0 saturated carbocycles. The first-order valence-corrected chi connectivity index (χ1v) is 6.64. The standard InChI is InChI=1S/C14H15N3O4/c18-14(20-11-4-2-1-3-5-11)15-12-10-13(21-16-12)17-6-8-19-9-7-17/h1-5,10H,6-9H2,(H,15,16,18). The number of anilines is 2. The first-order valence-electron chi connectivity index (χ1n) is 6.64. The van der Waals surface area contributed by atoms with Crippen molar-refractivity contribution in [2.24, 2.45) is 0 Å². The van der Waals surface area contributed by atoms with Gasteiger partial charge in [0.1, 0.15) is 5.75 Å². The summed E-state index contributed by atoms with van der Waals surface area (Å²) >= 11 is 0. The third-order valence-corrected chi connectivity index (χ3v) is 3.00. The zero-order valence-corrected chi connectivity index (χ0v) is 11.3. The van der Waals surface area contributed by atoms with E-state index in [1.165, 1.54) is 0 Å². The van der Waals surface area contributed by atoms with E-state index in [0.717, 1.165) is 13.1 Å². The Labute approximate surface area is 121 Å². The third-order valence-electron chi connectivity index (χ3n) is 3.00. The fraction of sp³-hybridized carbons (Fsp3) is 0.286. The van der Waals surface area contributed by atoms with Crippen molar-refractivity contribution in [1.29, 1.82) is 0 Å². The quantitative estimate of drug-likeness (QED) is 0.932. The van der Waals surface area contributed by atoms with Gasteiger partial charge in [0.25, 0.3) is 0 Å². The van der Waals surface area contributed by atoms with Crippen molar-refractivity contribution in [1.82, 2.24) is 5.16 Å². The molecule has 7 heteroatoms. The maximum absolute atomic E-state index is 11.7. The highest BCUT2D eigenvalue weighted by molar-refractivity contribution is 5.85. The van der Waals surface area contributed by atoms with Crippen LogP contribution < -0.4 is 15.0 Å². The Morgan fingerprint density at radius 1 is 1.24 bits per heavy atom. The molecule has 1 aliphatic rings. The molecule has 1 N–H and O–H groups in total. The number of ether oxygens (including phenoxy) is 2. The zero-order chi connectivity index (χ0) is 14.5. The van der Waals surface area contributed by atoms with E-state index in [0.29, 0.717) is 30.7 Å². The summed E-state index contributed by atoms with van der Waals surface area (Å²) in [4.78, 5) is 13.7. The number of rotatable bonds is 3. The summed E-state index contributed by atoms with van der Waals surface area (Å²) in [7, 11) is 0. The fourth-order valence-electron chi connectivity index (χ4n) is 1.98. The molecule has 1 fully saturated rings. The average Bonchev–Trinajstić information content (AvgIpc) is 2.97. The lowest BCUT2D eigenvalue weighted by atomic mass is 10.3. The zero-order valence-electron chi connectivity index (χ0n) is 11.3. The Morgan fingerprint density at radius 3 is 2.76 bits per heavy atom. The molecule has 0 unspecified atom stereocenters. The molecule has 0 radical (unpaired) electrons. The maximum Gasteiger partial charge on any atom is 0.418 e. The van der Waals surface area contributed by atoms with E-state index < -0.39 is 6.09 Å². The summed E-state index contributed by atoms with van der Waals surface area (Å²) < 4.78 is 15.6. The second-order valence-corrected chi connectivity index (χ2v) is 4.48. The number of hydrogen-bond donors (Lipinski definition) is 1. The molecule has 2 heterocycles. The molecule has 1 aliphatic heterocycles. The lowest BCUT2D eigenvalue weighted by Crippen LogP contribution is -2.35. The van der Waals surface area contributed by atoms with Gasteiger partial charge in [0, 0.05) is 19.2 Å². The van der Waals surface area contributed by atoms with Gasteiger partial charge in [-0.2, -0.15) is 0 Å². The molecule has 1 amide bonds. The van der Waals surface area contributed by atoms with Crippen molar-refractivity contribution >= 4 is 17.8 Å². The lowest BCUT2D eigenvalue weighted by molar-refractivity contribution is 0.120. The van der Waals surface area contributed by atoms with Gasteiger partial charge in [-0.15, -0.1) is 0 Å². The van der Waals surface area contributed by atoms with Crippen molar-refractivity contribution < 1.29 is 18.8 Å². The van der Waals surface area contributed by atoms with E-state index in [4.69, 9.17) is 14.0 Å². The van der Waals surface area contributed by atoms with E-state index in [1.54, 1.807) is 30.3 Å². The average molecular weight is 289 g/mol. The van der Waals surface area contributed by atoms with Crippen LogP contribution in [0.5, 0.6) is 5.75 Å². The number of nitrogens with one attached hydrogen (secondary N) is 1. The molecule has 110 valence electrons. The topological polar surface area (TPSA) is 76.8 Å². The molecule has 0 atom stereocenters. The monoisotopic (exact) mass is 289 g/mol. The molecule has 1 aromatic heterocycles.